The molecule has 0 aliphatic rings. The molecule has 0 bridgehead atoms. The molecule has 5 nitrogen and oxygen atoms in total. The zero-order valence-electron chi connectivity index (χ0n) is 8.81. The van der Waals surface area contributed by atoms with Crippen LogP contribution in [0.4, 0.5) is 5.95 Å². The zero-order valence-corrected chi connectivity index (χ0v) is 10.4. The number of rotatable bonds is 4. The lowest BCUT2D eigenvalue weighted by Gasteiger charge is -2.05. The number of hydrogen-bond donors (Lipinski definition) is 2. The average molecular weight is 296 g/mol. The molecular formula is C11H10BrN3O2. The van der Waals surface area contributed by atoms with E-state index in [0.717, 1.165) is 4.47 Å². The minimum absolute atomic E-state index is 0.0584. The van der Waals surface area contributed by atoms with Crippen LogP contribution in [0.3, 0.4) is 0 Å². The van der Waals surface area contributed by atoms with Crippen LogP contribution in [0, 0.1) is 0 Å². The SMILES string of the molecule is O=C(COc1cccc(Br)c1)Nc1ncc[nH]1. The molecule has 2 aromatic rings. The Balaban J connectivity index is 1.84. The molecule has 17 heavy (non-hydrogen) atoms. The minimum Gasteiger partial charge on any atom is -0.484 e. The number of anilines is 1. The van der Waals surface area contributed by atoms with Crippen molar-refractivity contribution < 1.29 is 9.53 Å². The number of amides is 1. The molecule has 88 valence electrons. The summed E-state index contributed by atoms with van der Waals surface area (Å²) in [4.78, 5) is 18.1. The highest BCUT2D eigenvalue weighted by Gasteiger charge is 2.04. The molecule has 0 fully saturated rings. The molecule has 0 unspecified atom stereocenters. The molecule has 1 amide bonds. The number of hydrogen-bond acceptors (Lipinski definition) is 3. The summed E-state index contributed by atoms with van der Waals surface area (Å²) in [6.45, 7) is -0.0584. The van der Waals surface area contributed by atoms with E-state index in [1.165, 1.54) is 0 Å². The predicted octanol–water partition coefficient (Wildman–Crippen LogP) is 2.19. The number of nitrogens with one attached hydrogen (secondary N) is 2. The van der Waals surface area contributed by atoms with Crippen LogP contribution in [0.5, 0.6) is 5.75 Å². The molecule has 1 heterocycles. The van der Waals surface area contributed by atoms with Gasteiger partial charge in [0.2, 0.25) is 5.95 Å². The molecular weight excluding hydrogens is 286 g/mol. The summed E-state index contributed by atoms with van der Waals surface area (Å²) in [6.07, 6.45) is 3.19. The first-order valence-electron chi connectivity index (χ1n) is 4.91. The fourth-order valence-electron chi connectivity index (χ4n) is 1.21. The number of aromatic amines is 1. The van der Waals surface area contributed by atoms with Gasteiger partial charge in [-0.15, -0.1) is 0 Å². The van der Waals surface area contributed by atoms with E-state index >= 15 is 0 Å². The van der Waals surface area contributed by atoms with Crippen molar-refractivity contribution in [1.29, 1.82) is 0 Å². The van der Waals surface area contributed by atoms with Crippen LogP contribution < -0.4 is 10.1 Å². The summed E-state index contributed by atoms with van der Waals surface area (Å²) in [5, 5.41) is 2.56. The van der Waals surface area contributed by atoms with Gasteiger partial charge in [0.05, 0.1) is 0 Å². The van der Waals surface area contributed by atoms with E-state index in [-0.39, 0.29) is 12.5 Å². The molecule has 0 atom stereocenters. The number of carbonyl (C=O) groups excluding carboxylic acids is 1. The van der Waals surface area contributed by atoms with Gasteiger partial charge in [-0.05, 0) is 18.2 Å². The van der Waals surface area contributed by atoms with Gasteiger partial charge in [-0.1, -0.05) is 22.0 Å². The van der Waals surface area contributed by atoms with E-state index in [1.807, 2.05) is 12.1 Å². The molecule has 1 aromatic carbocycles. The standard InChI is InChI=1S/C11H10BrN3O2/c12-8-2-1-3-9(6-8)17-7-10(16)15-11-13-4-5-14-11/h1-6H,7H2,(H2,13,14,15,16). The third kappa shape index (κ3) is 3.60. The Morgan fingerprint density at radius 3 is 3.12 bits per heavy atom. The maximum absolute atomic E-state index is 11.5. The summed E-state index contributed by atoms with van der Waals surface area (Å²) in [6, 6.07) is 7.30. The maximum Gasteiger partial charge on any atom is 0.264 e. The average Bonchev–Trinajstić information content (AvgIpc) is 2.79. The first-order valence-corrected chi connectivity index (χ1v) is 5.71. The molecule has 0 radical (unpaired) electrons. The Morgan fingerprint density at radius 2 is 2.41 bits per heavy atom. The minimum atomic E-state index is -0.264. The fraction of sp³-hybridized carbons (Fsp3) is 0.0909. The zero-order chi connectivity index (χ0) is 12.1. The van der Waals surface area contributed by atoms with E-state index < -0.39 is 0 Å². The highest BCUT2D eigenvalue weighted by molar-refractivity contribution is 9.10. The van der Waals surface area contributed by atoms with Gasteiger partial charge in [0.15, 0.2) is 6.61 Å². The van der Waals surface area contributed by atoms with E-state index in [9.17, 15) is 4.79 Å². The van der Waals surface area contributed by atoms with E-state index in [2.05, 4.69) is 31.2 Å². The summed E-state index contributed by atoms with van der Waals surface area (Å²) in [5.74, 6) is 0.779. The molecule has 0 saturated heterocycles. The van der Waals surface area contributed by atoms with Gasteiger partial charge >= 0.3 is 0 Å². The van der Waals surface area contributed by atoms with Crippen molar-refractivity contribution in [3.8, 4) is 5.75 Å². The number of halogens is 1. The quantitative estimate of drug-likeness (QED) is 0.909. The Hall–Kier alpha value is -1.82. The number of H-pyrrole nitrogens is 1. The lowest BCUT2D eigenvalue weighted by Crippen LogP contribution is -2.20. The summed E-state index contributed by atoms with van der Waals surface area (Å²) in [5.41, 5.74) is 0. The molecule has 0 saturated carbocycles. The number of aromatic nitrogens is 2. The van der Waals surface area contributed by atoms with Crippen molar-refractivity contribution in [2.75, 3.05) is 11.9 Å². The smallest absolute Gasteiger partial charge is 0.264 e. The molecule has 1 aromatic heterocycles. The van der Waals surface area contributed by atoms with Crippen LogP contribution in [-0.2, 0) is 4.79 Å². The van der Waals surface area contributed by atoms with Crippen LogP contribution >= 0.6 is 15.9 Å². The monoisotopic (exact) mass is 295 g/mol. The van der Waals surface area contributed by atoms with Gasteiger partial charge in [0, 0.05) is 16.9 Å². The Labute approximate surface area is 106 Å². The van der Waals surface area contributed by atoms with Crippen molar-refractivity contribution in [2.24, 2.45) is 0 Å². The molecule has 0 aliphatic heterocycles. The van der Waals surface area contributed by atoms with Crippen molar-refractivity contribution in [3.05, 3.63) is 41.1 Å². The lowest BCUT2D eigenvalue weighted by atomic mass is 10.3. The van der Waals surface area contributed by atoms with Crippen LogP contribution in [-0.4, -0.2) is 22.5 Å². The van der Waals surface area contributed by atoms with E-state index in [0.29, 0.717) is 11.7 Å². The third-order valence-corrected chi connectivity index (χ3v) is 2.42. The van der Waals surface area contributed by atoms with Crippen molar-refractivity contribution in [2.45, 2.75) is 0 Å². The van der Waals surface area contributed by atoms with Crippen molar-refractivity contribution in [1.82, 2.24) is 9.97 Å². The Bertz CT molecular complexity index is 499. The van der Waals surface area contributed by atoms with E-state index in [4.69, 9.17) is 4.74 Å². The van der Waals surface area contributed by atoms with Crippen LogP contribution in [0.1, 0.15) is 0 Å². The number of nitrogens with zero attached hydrogens (tertiary/aromatic N) is 1. The first-order chi connectivity index (χ1) is 8.24. The fourth-order valence-corrected chi connectivity index (χ4v) is 1.59. The van der Waals surface area contributed by atoms with E-state index in [1.54, 1.807) is 24.5 Å². The molecule has 2 rings (SSSR count). The van der Waals surface area contributed by atoms with Gasteiger partial charge in [-0.2, -0.15) is 0 Å². The molecule has 2 N–H and O–H groups in total. The predicted molar refractivity (Wildman–Crippen MR) is 66.9 cm³/mol. The van der Waals surface area contributed by atoms with Crippen molar-refractivity contribution in [3.63, 3.8) is 0 Å². The molecule has 0 aliphatic carbocycles. The number of ether oxygens (including phenoxy) is 1. The van der Waals surface area contributed by atoms with Crippen LogP contribution in [0.2, 0.25) is 0 Å². The molecule has 6 heteroatoms. The van der Waals surface area contributed by atoms with Gasteiger partial charge in [-0.3, -0.25) is 10.1 Å². The second-order valence-corrected chi connectivity index (χ2v) is 4.15. The summed E-state index contributed by atoms with van der Waals surface area (Å²) >= 11 is 3.32. The number of imidazole rings is 1. The number of carbonyl (C=O) groups is 1. The second kappa shape index (κ2) is 5.49. The highest BCUT2D eigenvalue weighted by atomic mass is 79.9. The summed E-state index contributed by atoms with van der Waals surface area (Å²) < 4.78 is 6.22. The van der Waals surface area contributed by atoms with Gasteiger partial charge in [-0.25, -0.2) is 4.98 Å². The van der Waals surface area contributed by atoms with Gasteiger partial charge in [0.1, 0.15) is 5.75 Å². The molecule has 0 spiro atoms. The van der Waals surface area contributed by atoms with Crippen LogP contribution in [0.25, 0.3) is 0 Å². The van der Waals surface area contributed by atoms with Crippen molar-refractivity contribution >= 4 is 27.8 Å². The Kier molecular flexibility index (Phi) is 3.77. The van der Waals surface area contributed by atoms with Crippen LogP contribution in [0.15, 0.2) is 41.1 Å². The normalized spacial score (nSPS) is 9.94. The van der Waals surface area contributed by atoms with Gasteiger partial charge < -0.3 is 9.72 Å². The maximum atomic E-state index is 11.5. The van der Waals surface area contributed by atoms with Gasteiger partial charge in [0.25, 0.3) is 5.91 Å². The second-order valence-electron chi connectivity index (χ2n) is 3.23. The summed E-state index contributed by atoms with van der Waals surface area (Å²) in [7, 11) is 0. The largest absolute Gasteiger partial charge is 0.484 e. The number of benzene rings is 1. The highest BCUT2D eigenvalue weighted by Crippen LogP contribution is 2.17. The first kappa shape index (κ1) is 11.7. The third-order valence-electron chi connectivity index (χ3n) is 1.92. The lowest BCUT2D eigenvalue weighted by molar-refractivity contribution is -0.118. The Morgan fingerprint density at radius 1 is 1.53 bits per heavy atom. The topological polar surface area (TPSA) is 67.0 Å².